The number of hydrogen-bond acceptors (Lipinski definition) is 6. The number of fused-ring (bicyclic) bond motifs is 1. The van der Waals surface area contributed by atoms with Gasteiger partial charge in [0.2, 0.25) is 5.89 Å². The van der Waals surface area contributed by atoms with Crippen LogP contribution in [0.15, 0.2) is 22.7 Å². The smallest absolute Gasteiger partial charge is 0.395 e. The molecule has 6 nitrogen and oxygen atoms in total. The second kappa shape index (κ2) is 4.32. The van der Waals surface area contributed by atoms with E-state index in [2.05, 4.69) is 24.9 Å². The number of benzene rings is 1. The van der Waals surface area contributed by atoms with Crippen molar-refractivity contribution in [1.82, 2.24) is 10.1 Å². The Hall–Kier alpha value is -2.38. The lowest BCUT2D eigenvalue weighted by Crippen LogP contribution is -2.25. The highest BCUT2D eigenvalue weighted by Gasteiger charge is 2.43. The van der Waals surface area contributed by atoms with Crippen molar-refractivity contribution in [3.8, 4) is 11.5 Å². The Kier molecular flexibility index (Phi) is 2.73. The van der Waals surface area contributed by atoms with E-state index in [1.807, 2.05) is 6.92 Å². The average molecular weight is 283 g/mol. The number of ether oxygens (including phenoxy) is 2. The van der Waals surface area contributed by atoms with Crippen LogP contribution in [0.2, 0.25) is 0 Å². The molecular weight excluding hydrogens is 272 g/mol. The monoisotopic (exact) mass is 283 g/mol. The number of hydrogen-bond donors (Lipinski definition) is 1. The lowest BCUT2D eigenvalue weighted by Gasteiger charge is -2.11. The summed E-state index contributed by atoms with van der Waals surface area (Å²) in [6.07, 6.45) is -3.61. The largest absolute Gasteiger partial charge is 0.586 e. The molecule has 1 aromatic carbocycles. The van der Waals surface area contributed by atoms with Crippen LogP contribution < -0.4 is 14.8 Å². The molecule has 0 radical (unpaired) electrons. The van der Waals surface area contributed by atoms with Crippen molar-refractivity contribution in [3.05, 3.63) is 29.9 Å². The number of nitrogens with zero attached hydrogens (tertiary/aromatic N) is 2. The van der Waals surface area contributed by atoms with E-state index < -0.39 is 6.29 Å². The van der Waals surface area contributed by atoms with Crippen molar-refractivity contribution in [2.24, 2.45) is 0 Å². The fourth-order valence-corrected chi connectivity index (χ4v) is 1.84. The van der Waals surface area contributed by atoms with Gasteiger partial charge in [-0.25, -0.2) is 0 Å². The summed E-state index contributed by atoms with van der Waals surface area (Å²) in [6, 6.07) is 4.17. The molecule has 1 aliphatic rings. The van der Waals surface area contributed by atoms with Crippen LogP contribution >= 0.6 is 0 Å². The van der Waals surface area contributed by atoms with Crippen molar-refractivity contribution in [2.45, 2.75) is 26.2 Å². The van der Waals surface area contributed by atoms with Gasteiger partial charge in [0, 0.05) is 11.8 Å². The minimum absolute atomic E-state index is 0.00170. The summed E-state index contributed by atoms with van der Waals surface area (Å²) in [4.78, 5) is 4.09. The van der Waals surface area contributed by atoms with E-state index in [1.165, 1.54) is 12.1 Å². The molecule has 0 amide bonds. The molecule has 3 rings (SSSR count). The first-order valence-corrected chi connectivity index (χ1v) is 5.89. The first-order valence-electron chi connectivity index (χ1n) is 5.89. The minimum Gasteiger partial charge on any atom is -0.395 e. The summed E-state index contributed by atoms with van der Waals surface area (Å²) in [6.45, 7) is 3.52. The van der Waals surface area contributed by atoms with Crippen LogP contribution in [0.4, 0.5) is 14.5 Å². The second-order valence-electron chi connectivity index (χ2n) is 4.37. The standard InChI is InChI=1S/C12H11F2N3O3/c1-6(11-16-7(2)17-20-11)15-8-3-4-9-10(5-8)19-12(13,14)18-9/h3-6,15H,1-2H3/t6-/m0/s1. The lowest BCUT2D eigenvalue weighted by molar-refractivity contribution is -0.286. The van der Waals surface area contributed by atoms with Crippen LogP contribution in [0.3, 0.4) is 0 Å². The van der Waals surface area contributed by atoms with E-state index >= 15 is 0 Å². The van der Waals surface area contributed by atoms with Gasteiger partial charge < -0.3 is 19.3 Å². The van der Waals surface area contributed by atoms with Crippen LogP contribution in [-0.2, 0) is 0 Å². The van der Waals surface area contributed by atoms with Gasteiger partial charge in [-0.15, -0.1) is 8.78 Å². The quantitative estimate of drug-likeness (QED) is 0.934. The van der Waals surface area contributed by atoms with Crippen LogP contribution in [0.1, 0.15) is 24.7 Å². The first-order chi connectivity index (χ1) is 9.43. The third kappa shape index (κ3) is 2.36. The van der Waals surface area contributed by atoms with Gasteiger partial charge in [0.05, 0.1) is 0 Å². The number of alkyl halides is 2. The fourth-order valence-electron chi connectivity index (χ4n) is 1.84. The number of anilines is 1. The zero-order chi connectivity index (χ0) is 14.3. The molecule has 2 aromatic rings. The third-order valence-corrected chi connectivity index (χ3v) is 2.70. The first kappa shape index (κ1) is 12.6. The van der Waals surface area contributed by atoms with Crippen LogP contribution in [0.5, 0.6) is 11.5 Å². The van der Waals surface area contributed by atoms with E-state index in [9.17, 15) is 8.78 Å². The van der Waals surface area contributed by atoms with Crippen LogP contribution in [0, 0.1) is 6.92 Å². The Morgan fingerprint density at radius 1 is 1.25 bits per heavy atom. The van der Waals surface area contributed by atoms with Gasteiger partial charge in [0.1, 0.15) is 6.04 Å². The van der Waals surface area contributed by atoms with Gasteiger partial charge in [-0.1, -0.05) is 5.16 Å². The summed E-state index contributed by atoms with van der Waals surface area (Å²) < 4.78 is 39.5. The maximum atomic E-state index is 12.9. The van der Waals surface area contributed by atoms with E-state index in [0.717, 1.165) is 0 Å². The topological polar surface area (TPSA) is 69.4 Å². The summed E-state index contributed by atoms with van der Waals surface area (Å²) in [5.41, 5.74) is 0.577. The van der Waals surface area contributed by atoms with Crippen molar-refractivity contribution in [2.75, 3.05) is 5.32 Å². The Morgan fingerprint density at radius 2 is 2.00 bits per heavy atom. The molecule has 0 aliphatic carbocycles. The Morgan fingerprint density at radius 3 is 2.70 bits per heavy atom. The second-order valence-corrected chi connectivity index (χ2v) is 4.37. The average Bonchev–Trinajstić information content (AvgIpc) is 2.90. The molecule has 106 valence electrons. The number of halogens is 2. The van der Waals surface area contributed by atoms with E-state index in [-0.39, 0.29) is 17.5 Å². The maximum absolute atomic E-state index is 12.9. The molecule has 1 atom stereocenters. The lowest BCUT2D eigenvalue weighted by atomic mass is 10.2. The zero-order valence-corrected chi connectivity index (χ0v) is 10.7. The number of nitrogens with one attached hydrogen (secondary N) is 1. The molecule has 0 bridgehead atoms. The molecule has 1 aromatic heterocycles. The fraction of sp³-hybridized carbons (Fsp3) is 0.333. The van der Waals surface area contributed by atoms with Crippen molar-refractivity contribution < 1.29 is 22.8 Å². The summed E-state index contributed by atoms with van der Waals surface area (Å²) in [5.74, 6) is 0.917. The predicted molar refractivity (Wildman–Crippen MR) is 63.7 cm³/mol. The number of aryl methyl sites for hydroxylation is 1. The van der Waals surface area contributed by atoms with Gasteiger partial charge >= 0.3 is 6.29 Å². The van der Waals surface area contributed by atoms with Crippen molar-refractivity contribution in [3.63, 3.8) is 0 Å². The van der Waals surface area contributed by atoms with E-state index in [4.69, 9.17) is 4.52 Å². The van der Waals surface area contributed by atoms with Gasteiger partial charge in [0.15, 0.2) is 17.3 Å². The highest BCUT2D eigenvalue weighted by Crippen LogP contribution is 2.42. The normalized spacial score (nSPS) is 17.0. The van der Waals surface area contributed by atoms with Crippen LogP contribution in [-0.4, -0.2) is 16.4 Å². The molecule has 1 aliphatic heterocycles. The predicted octanol–water partition coefficient (Wildman–Crippen LogP) is 2.87. The van der Waals surface area contributed by atoms with Gasteiger partial charge in [-0.2, -0.15) is 4.98 Å². The highest BCUT2D eigenvalue weighted by atomic mass is 19.3. The summed E-state index contributed by atoms with van der Waals surface area (Å²) in [7, 11) is 0. The summed E-state index contributed by atoms with van der Waals surface area (Å²) >= 11 is 0. The molecule has 2 heterocycles. The summed E-state index contributed by atoms with van der Waals surface area (Å²) in [5, 5.41) is 6.74. The molecule has 0 spiro atoms. The number of rotatable bonds is 3. The van der Waals surface area contributed by atoms with Crippen molar-refractivity contribution >= 4 is 5.69 Å². The molecule has 20 heavy (non-hydrogen) atoms. The Balaban J connectivity index is 1.76. The van der Waals surface area contributed by atoms with Gasteiger partial charge in [0.25, 0.3) is 0 Å². The maximum Gasteiger partial charge on any atom is 0.586 e. The Bertz CT molecular complexity index is 645. The molecule has 0 unspecified atom stereocenters. The molecular formula is C12H11F2N3O3. The molecule has 1 N–H and O–H groups in total. The van der Waals surface area contributed by atoms with Crippen molar-refractivity contribution in [1.29, 1.82) is 0 Å². The molecule has 0 fully saturated rings. The highest BCUT2D eigenvalue weighted by molar-refractivity contribution is 5.56. The van der Waals surface area contributed by atoms with E-state index in [0.29, 0.717) is 17.4 Å². The van der Waals surface area contributed by atoms with E-state index in [1.54, 1.807) is 13.0 Å². The minimum atomic E-state index is -3.61. The third-order valence-electron chi connectivity index (χ3n) is 2.70. The molecule has 8 heteroatoms. The van der Waals surface area contributed by atoms with Crippen LogP contribution in [0.25, 0.3) is 0 Å². The molecule has 0 saturated carbocycles. The number of aromatic nitrogens is 2. The van der Waals surface area contributed by atoms with Gasteiger partial charge in [-0.3, -0.25) is 0 Å². The Labute approximate surface area is 112 Å². The zero-order valence-electron chi connectivity index (χ0n) is 10.7. The van der Waals surface area contributed by atoms with Gasteiger partial charge in [-0.05, 0) is 26.0 Å². The SMILES string of the molecule is Cc1noc([C@H](C)Nc2ccc3c(c2)OC(F)(F)O3)n1. The molecule has 0 saturated heterocycles.